The summed E-state index contributed by atoms with van der Waals surface area (Å²) in [5, 5.41) is 3.69. The van der Waals surface area contributed by atoms with Gasteiger partial charge in [-0.25, -0.2) is 8.42 Å². The first-order chi connectivity index (χ1) is 19.1. The van der Waals surface area contributed by atoms with Gasteiger partial charge in [0.1, 0.15) is 18.3 Å². The fourth-order valence-electron chi connectivity index (χ4n) is 4.14. The van der Waals surface area contributed by atoms with E-state index in [0.29, 0.717) is 35.4 Å². The van der Waals surface area contributed by atoms with Gasteiger partial charge < -0.3 is 15.0 Å². The Balaban J connectivity index is 2.05. The number of rotatable bonds is 13. The van der Waals surface area contributed by atoms with Crippen LogP contribution >= 0.6 is 23.2 Å². The van der Waals surface area contributed by atoms with E-state index in [4.69, 9.17) is 27.9 Å². The number of halogens is 2. The molecular formula is C29H33Cl2N3O5S. The molecule has 1 N–H and O–H groups in total. The Kier molecular flexibility index (Phi) is 11.2. The molecule has 0 radical (unpaired) electrons. The van der Waals surface area contributed by atoms with Crippen molar-refractivity contribution in [1.29, 1.82) is 0 Å². The summed E-state index contributed by atoms with van der Waals surface area (Å²) >= 11 is 12.0. The van der Waals surface area contributed by atoms with Crippen LogP contribution in [0.2, 0.25) is 10.0 Å². The monoisotopic (exact) mass is 605 g/mol. The largest absolute Gasteiger partial charge is 0.494 e. The van der Waals surface area contributed by atoms with Gasteiger partial charge in [-0.15, -0.1) is 0 Å². The van der Waals surface area contributed by atoms with Crippen LogP contribution in [0.25, 0.3) is 0 Å². The molecule has 0 aromatic heterocycles. The molecule has 0 aliphatic rings. The molecule has 11 heteroatoms. The van der Waals surface area contributed by atoms with Crippen molar-refractivity contribution in [3.8, 4) is 5.75 Å². The molecule has 0 aliphatic heterocycles. The smallest absolute Gasteiger partial charge is 0.264 e. The standard InChI is InChI=1S/C29H33Cl2N3O5S/c1-4-27(29(36)32-5-2)33(19-21-7-9-22(30)10-8-21)28(35)20-34(24-13-15-25(16-14-24)39-6-3)40(37,38)26-17-11-23(31)12-18-26/h7-18,27H,4-6,19-20H2,1-3H3,(H,32,36)/t27-/m0/s1. The van der Waals surface area contributed by atoms with Crippen LogP contribution in [0.5, 0.6) is 5.75 Å². The van der Waals surface area contributed by atoms with E-state index < -0.39 is 28.5 Å². The molecule has 214 valence electrons. The number of anilines is 1. The summed E-state index contributed by atoms with van der Waals surface area (Å²) in [6, 6.07) is 18.3. The number of amides is 2. The van der Waals surface area contributed by atoms with Crippen LogP contribution in [0, 0.1) is 0 Å². The molecule has 0 spiro atoms. The molecule has 0 saturated heterocycles. The van der Waals surface area contributed by atoms with Crippen molar-refractivity contribution < 1.29 is 22.7 Å². The SMILES string of the molecule is CCNC(=O)[C@H](CC)N(Cc1ccc(Cl)cc1)C(=O)CN(c1ccc(OCC)cc1)S(=O)(=O)c1ccc(Cl)cc1. The van der Waals surface area contributed by atoms with Gasteiger partial charge in [0.25, 0.3) is 10.0 Å². The minimum Gasteiger partial charge on any atom is -0.494 e. The Hall–Kier alpha value is -3.27. The van der Waals surface area contributed by atoms with Gasteiger partial charge in [0.05, 0.1) is 17.2 Å². The van der Waals surface area contributed by atoms with E-state index in [-0.39, 0.29) is 23.0 Å². The van der Waals surface area contributed by atoms with E-state index in [1.54, 1.807) is 62.4 Å². The predicted molar refractivity (Wildman–Crippen MR) is 158 cm³/mol. The highest BCUT2D eigenvalue weighted by atomic mass is 35.5. The molecule has 3 rings (SSSR count). The van der Waals surface area contributed by atoms with Gasteiger partial charge in [-0.1, -0.05) is 42.3 Å². The molecule has 0 aliphatic carbocycles. The lowest BCUT2D eigenvalue weighted by Gasteiger charge is -2.33. The summed E-state index contributed by atoms with van der Waals surface area (Å²) < 4.78 is 34.3. The first-order valence-corrected chi connectivity index (χ1v) is 15.1. The minimum absolute atomic E-state index is 0.0291. The van der Waals surface area contributed by atoms with Crippen molar-refractivity contribution in [1.82, 2.24) is 10.2 Å². The van der Waals surface area contributed by atoms with Gasteiger partial charge in [0.15, 0.2) is 0 Å². The van der Waals surface area contributed by atoms with Crippen molar-refractivity contribution in [3.05, 3.63) is 88.4 Å². The predicted octanol–water partition coefficient (Wildman–Crippen LogP) is 5.53. The lowest BCUT2D eigenvalue weighted by atomic mass is 10.1. The maximum atomic E-state index is 14.0. The fraction of sp³-hybridized carbons (Fsp3) is 0.310. The second-order valence-corrected chi connectivity index (χ2v) is 11.6. The maximum absolute atomic E-state index is 14.0. The summed E-state index contributed by atoms with van der Waals surface area (Å²) in [4.78, 5) is 28.3. The molecule has 0 unspecified atom stereocenters. The average Bonchev–Trinajstić information content (AvgIpc) is 2.93. The zero-order valence-corrected chi connectivity index (χ0v) is 25.0. The second-order valence-electron chi connectivity index (χ2n) is 8.86. The van der Waals surface area contributed by atoms with Crippen molar-refractivity contribution in [2.45, 2.75) is 44.7 Å². The Morgan fingerprint density at radius 2 is 1.45 bits per heavy atom. The Bertz CT molecular complexity index is 1380. The molecular weight excluding hydrogens is 573 g/mol. The highest BCUT2D eigenvalue weighted by molar-refractivity contribution is 7.92. The number of hydrogen-bond donors (Lipinski definition) is 1. The number of sulfonamides is 1. The van der Waals surface area contributed by atoms with E-state index >= 15 is 0 Å². The van der Waals surface area contributed by atoms with Crippen LogP contribution in [0.4, 0.5) is 5.69 Å². The van der Waals surface area contributed by atoms with Gasteiger partial charge in [0.2, 0.25) is 11.8 Å². The van der Waals surface area contributed by atoms with Crippen LogP contribution in [0.15, 0.2) is 77.7 Å². The molecule has 1 atom stereocenters. The van der Waals surface area contributed by atoms with Crippen LogP contribution in [-0.2, 0) is 26.2 Å². The van der Waals surface area contributed by atoms with E-state index in [1.807, 2.05) is 6.92 Å². The fourth-order valence-corrected chi connectivity index (χ4v) is 5.80. The molecule has 0 fully saturated rings. The van der Waals surface area contributed by atoms with Crippen molar-refractivity contribution in [3.63, 3.8) is 0 Å². The van der Waals surface area contributed by atoms with Crippen molar-refractivity contribution in [2.75, 3.05) is 24.0 Å². The molecule has 2 amide bonds. The molecule has 40 heavy (non-hydrogen) atoms. The lowest BCUT2D eigenvalue weighted by Crippen LogP contribution is -2.52. The highest BCUT2D eigenvalue weighted by Crippen LogP contribution is 2.27. The zero-order chi connectivity index (χ0) is 29.3. The van der Waals surface area contributed by atoms with Gasteiger partial charge in [-0.05, 0) is 86.5 Å². The Morgan fingerprint density at radius 1 is 0.875 bits per heavy atom. The number of nitrogens with zero attached hydrogens (tertiary/aromatic N) is 2. The molecule has 8 nitrogen and oxygen atoms in total. The molecule has 0 bridgehead atoms. The number of carbonyl (C=O) groups excluding carboxylic acids is 2. The highest BCUT2D eigenvalue weighted by Gasteiger charge is 2.33. The molecule has 0 heterocycles. The first kappa shape index (κ1) is 31.3. The van der Waals surface area contributed by atoms with Gasteiger partial charge in [-0.3, -0.25) is 13.9 Å². The topological polar surface area (TPSA) is 96.0 Å². The molecule has 0 saturated carbocycles. The van der Waals surface area contributed by atoms with Crippen LogP contribution in [-0.4, -0.2) is 50.9 Å². The third kappa shape index (κ3) is 7.90. The van der Waals surface area contributed by atoms with Crippen molar-refractivity contribution in [2.24, 2.45) is 0 Å². The third-order valence-corrected chi connectivity index (χ3v) is 8.41. The van der Waals surface area contributed by atoms with Crippen molar-refractivity contribution >= 4 is 50.7 Å². The number of carbonyl (C=O) groups is 2. The maximum Gasteiger partial charge on any atom is 0.264 e. The van der Waals surface area contributed by atoms with E-state index in [2.05, 4.69) is 5.32 Å². The quantitative estimate of drug-likeness (QED) is 0.276. The Morgan fingerprint density at radius 3 is 1.98 bits per heavy atom. The molecule has 3 aromatic carbocycles. The summed E-state index contributed by atoms with van der Waals surface area (Å²) in [6.07, 6.45) is 0.331. The molecule has 3 aromatic rings. The normalized spacial score (nSPS) is 11.9. The lowest BCUT2D eigenvalue weighted by molar-refractivity contribution is -0.140. The number of ether oxygens (including phenoxy) is 1. The third-order valence-electron chi connectivity index (χ3n) is 6.12. The number of hydrogen-bond acceptors (Lipinski definition) is 5. The van der Waals surface area contributed by atoms with Crippen LogP contribution < -0.4 is 14.4 Å². The first-order valence-electron chi connectivity index (χ1n) is 12.9. The van der Waals surface area contributed by atoms with Gasteiger partial charge in [0, 0.05) is 23.1 Å². The summed E-state index contributed by atoms with van der Waals surface area (Å²) in [5.41, 5.74) is 1.01. The number of nitrogens with one attached hydrogen (secondary N) is 1. The number of benzene rings is 3. The van der Waals surface area contributed by atoms with E-state index in [1.165, 1.54) is 29.2 Å². The average molecular weight is 607 g/mol. The number of likely N-dealkylation sites (N-methyl/N-ethyl adjacent to an activating group) is 1. The minimum atomic E-state index is -4.20. The van der Waals surface area contributed by atoms with Gasteiger partial charge in [-0.2, -0.15) is 0 Å². The zero-order valence-electron chi connectivity index (χ0n) is 22.6. The van der Waals surface area contributed by atoms with Crippen LogP contribution in [0.1, 0.15) is 32.8 Å². The summed E-state index contributed by atoms with van der Waals surface area (Å²) in [6.45, 7) is 5.83. The van der Waals surface area contributed by atoms with E-state index in [9.17, 15) is 18.0 Å². The van der Waals surface area contributed by atoms with Gasteiger partial charge >= 0.3 is 0 Å². The second kappa shape index (κ2) is 14.4. The van der Waals surface area contributed by atoms with Crippen LogP contribution in [0.3, 0.4) is 0 Å². The summed E-state index contributed by atoms with van der Waals surface area (Å²) in [5.74, 6) is -0.298. The Labute approximate surface area is 245 Å². The summed E-state index contributed by atoms with van der Waals surface area (Å²) in [7, 11) is -4.20. The van der Waals surface area contributed by atoms with E-state index in [0.717, 1.165) is 9.87 Å².